The van der Waals surface area contributed by atoms with Crippen LogP contribution in [0.5, 0.6) is 0 Å². The summed E-state index contributed by atoms with van der Waals surface area (Å²) in [5, 5.41) is 0. The largest absolute Gasteiger partial charge is 0.294 e. The third-order valence-electron chi connectivity index (χ3n) is 22.8. The van der Waals surface area contributed by atoms with Gasteiger partial charge in [-0.05, 0) is 236 Å². The number of fused-ring (bicyclic) bond motifs is 5. The molecule has 0 spiro atoms. The molecule has 0 amide bonds. The van der Waals surface area contributed by atoms with E-state index in [1.807, 2.05) is 0 Å². The quantitative estimate of drug-likeness (QED) is 0.249. The highest BCUT2D eigenvalue weighted by molar-refractivity contribution is 5.08. The summed E-state index contributed by atoms with van der Waals surface area (Å²) < 4.78 is 0. The molecule has 0 aliphatic heterocycles. The van der Waals surface area contributed by atoms with Crippen LogP contribution in [0.4, 0.5) is 0 Å². The van der Waals surface area contributed by atoms with E-state index in [0.29, 0.717) is 0 Å². The van der Waals surface area contributed by atoms with Gasteiger partial charge in [-0.25, -0.2) is 0 Å². The second-order valence-corrected chi connectivity index (χ2v) is 25.0. The van der Waals surface area contributed by atoms with Gasteiger partial charge in [-0.2, -0.15) is 0 Å². The van der Waals surface area contributed by atoms with E-state index in [0.717, 1.165) is 113 Å². The molecule has 0 aromatic heterocycles. The monoisotopic (exact) mass is 780 g/mol. The van der Waals surface area contributed by atoms with Gasteiger partial charge in [0.15, 0.2) is 0 Å². The highest BCUT2D eigenvalue weighted by Crippen LogP contribution is 2.66. The first-order valence-corrected chi connectivity index (χ1v) is 28.0. The summed E-state index contributed by atoms with van der Waals surface area (Å²) >= 11 is 0. The highest BCUT2D eigenvalue weighted by Gasteiger charge is 2.59. The first kappa shape index (κ1) is 39.8. The zero-order valence-corrected chi connectivity index (χ0v) is 37.6. The normalized spacial score (nSPS) is 49.2. The van der Waals surface area contributed by atoms with E-state index in [9.17, 15) is 0 Å². The first-order chi connectivity index (χ1) is 28.2. The van der Waals surface area contributed by atoms with E-state index >= 15 is 0 Å². The minimum atomic E-state index is 0.938. The van der Waals surface area contributed by atoms with Crippen LogP contribution in [0.15, 0.2) is 0 Å². The van der Waals surface area contributed by atoms with E-state index in [1.165, 1.54) is 70.6 Å². The molecule has 0 aromatic carbocycles. The maximum absolute atomic E-state index is 3.23. The number of nitrogens with zero attached hydrogens (tertiary/aromatic N) is 1. The summed E-state index contributed by atoms with van der Waals surface area (Å²) in [6.45, 7) is 0. The maximum Gasteiger partial charge on any atom is 0.0101 e. The molecule has 0 radical (unpaired) electrons. The summed E-state index contributed by atoms with van der Waals surface area (Å²) in [6.07, 6.45) is 58.8. The Bertz CT molecular complexity index is 1240. The molecule has 11 aliphatic rings. The standard InChI is InChI=1S/C56H93N/c1-4-13-38(14-5-1)45-33-42-27-28-44(35-46(42)36-45)55-52-20-11-10-15-43(52)34-47-37-54-51(21-12-22-53(54)56(47)55)41-25-23-39(24-26-41)40-29-31-50(32-30-40)57(48-16-6-2-7-17-48)49-18-8-3-9-19-49/h38-56H,1-37H2. The van der Waals surface area contributed by atoms with Gasteiger partial charge < -0.3 is 0 Å². The Morgan fingerprint density at radius 3 is 1.33 bits per heavy atom. The highest BCUT2D eigenvalue weighted by atomic mass is 15.2. The molecular weight excluding hydrogens is 687 g/mol. The van der Waals surface area contributed by atoms with Crippen molar-refractivity contribution in [2.75, 3.05) is 0 Å². The van der Waals surface area contributed by atoms with Crippen molar-refractivity contribution in [3.8, 4) is 0 Å². The lowest BCUT2D eigenvalue weighted by Gasteiger charge is -2.54. The molecule has 11 fully saturated rings. The minimum Gasteiger partial charge on any atom is -0.294 e. The number of hydrogen-bond donors (Lipinski definition) is 0. The summed E-state index contributed by atoms with van der Waals surface area (Å²) in [5.41, 5.74) is 0. The van der Waals surface area contributed by atoms with E-state index in [-0.39, 0.29) is 0 Å². The predicted octanol–water partition coefficient (Wildman–Crippen LogP) is 15.8. The molecule has 0 heterocycles. The summed E-state index contributed by atoms with van der Waals surface area (Å²) in [5.74, 6) is 18.0. The average molecular weight is 780 g/mol. The Morgan fingerprint density at radius 1 is 0.193 bits per heavy atom. The predicted molar refractivity (Wildman–Crippen MR) is 240 cm³/mol. The van der Waals surface area contributed by atoms with Crippen molar-refractivity contribution in [3.05, 3.63) is 0 Å². The van der Waals surface area contributed by atoms with Gasteiger partial charge in [-0.3, -0.25) is 4.90 Å². The van der Waals surface area contributed by atoms with Crippen LogP contribution in [0.3, 0.4) is 0 Å². The van der Waals surface area contributed by atoms with Crippen LogP contribution >= 0.6 is 0 Å². The lowest BCUT2D eigenvalue weighted by Crippen LogP contribution is -2.52. The number of rotatable bonds is 7. The summed E-state index contributed by atoms with van der Waals surface area (Å²) in [6, 6.07) is 2.82. The van der Waals surface area contributed by atoms with Crippen molar-refractivity contribution in [3.63, 3.8) is 0 Å². The van der Waals surface area contributed by atoms with Crippen LogP contribution in [0.1, 0.15) is 238 Å². The van der Waals surface area contributed by atoms with Crippen LogP contribution in [0.25, 0.3) is 0 Å². The van der Waals surface area contributed by atoms with Crippen molar-refractivity contribution in [2.24, 2.45) is 94.7 Å². The van der Waals surface area contributed by atoms with Crippen LogP contribution in [0.2, 0.25) is 0 Å². The van der Waals surface area contributed by atoms with Gasteiger partial charge in [-0.15, -0.1) is 0 Å². The van der Waals surface area contributed by atoms with E-state index in [4.69, 9.17) is 0 Å². The molecule has 11 aliphatic carbocycles. The Labute approximate surface area is 354 Å². The topological polar surface area (TPSA) is 3.24 Å². The molecule has 11 saturated carbocycles. The second kappa shape index (κ2) is 18.0. The smallest absolute Gasteiger partial charge is 0.0101 e. The fourth-order valence-corrected chi connectivity index (χ4v) is 20.6. The van der Waals surface area contributed by atoms with Crippen LogP contribution < -0.4 is 0 Å². The number of hydrogen-bond acceptors (Lipinski definition) is 1. The second-order valence-electron chi connectivity index (χ2n) is 25.0. The van der Waals surface area contributed by atoms with Crippen molar-refractivity contribution >= 4 is 0 Å². The zero-order valence-electron chi connectivity index (χ0n) is 37.6. The molecule has 11 rings (SSSR count). The molecule has 12 unspecified atom stereocenters. The van der Waals surface area contributed by atoms with E-state index in [2.05, 4.69) is 4.90 Å². The molecule has 0 aromatic rings. The van der Waals surface area contributed by atoms with Gasteiger partial charge in [-0.1, -0.05) is 96.3 Å². The van der Waals surface area contributed by atoms with E-state index < -0.39 is 0 Å². The third kappa shape index (κ3) is 8.09. The van der Waals surface area contributed by atoms with Crippen LogP contribution in [0, 0.1) is 94.7 Å². The lowest BCUT2D eigenvalue weighted by atomic mass is 9.51. The van der Waals surface area contributed by atoms with Gasteiger partial charge >= 0.3 is 0 Å². The third-order valence-corrected chi connectivity index (χ3v) is 22.8. The van der Waals surface area contributed by atoms with Crippen LogP contribution in [-0.2, 0) is 0 Å². The van der Waals surface area contributed by atoms with Crippen molar-refractivity contribution in [1.82, 2.24) is 4.90 Å². The van der Waals surface area contributed by atoms with Crippen molar-refractivity contribution in [2.45, 2.75) is 256 Å². The fourth-order valence-electron chi connectivity index (χ4n) is 20.6. The first-order valence-electron chi connectivity index (χ1n) is 28.0. The molecular formula is C56H93N. The lowest BCUT2D eigenvalue weighted by molar-refractivity contribution is -0.0522. The Kier molecular flexibility index (Phi) is 12.5. The Morgan fingerprint density at radius 2 is 0.614 bits per heavy atom. The molecule has 57 heavy (non-hydrogen) atoms. The van der Waals surface area contributed by atoms with Crippen molar-refractivity contribution < 1.29 is 0 Å². The molecule has 322 valence electrons. The van der Waals surface area contributed by atoms with Crippen molar-refractivity contribution in [1.29, 1.82) is 0 Å². The van der Waals surface area contributed by atoms with Crippen LogP contribution in [-0.4, -0.2) is 23.0 Å². The molecule has 0 N–H and O–H groups in total. The minimum absolute atomic E-state index is 0.938. The average Bonchev–Trinajstić information content (AvgIpc) is 3.88. The van der Waals surface area contributed by atoms with Gasteiger partial charge in [0, 0.05) is 18.1 Å². The van der Waals surface area contributed by atoms with Gasteiger partial charge in [0.2, 0.25) is 0 Å². The maximum atomic E-state index is 3.23. The van der Waals surface area contributed by atoms with Gasteiger partial charge in [0.1, 0.15) is 0 Å². The molecule has 12 atom stereocenters. The summed E-state index contributed by atoms with van der Waals surface area (Å²) in [7, 11) is 0. The fraction of sp³-hybridized carbons (Fsp3) is 1.00. The zero-order chi connectivity index (χ0) is 37.7. The molecule has 0 bridgehead atoms. The summed E-state index contributed by atoms with van der Waals surface area (Å²) in [4.78, 5) is 3.23. The molecule has 1 heteroatoms. The van der Waals surface area contributed by atoms with E-state index in [1.54, 1.807) is 167 Å². The Balaban J connectivity index is 0.724. The SMILES string of the molecule is C1CCC(C2CC3CCC(C4C5CCCCC5CC5CC6C(C7CCC(C8CCC(N(C9CCCCC9)C9CCCCC9)CC8)CC7)CCCC6C54)CC3C2)CC1. The van der Waals surface area contributed by atoms with Gasteiger partial charge in [0.25, 0.3) is 0 Å². The Hall–Kier alpha value is -0.0400. The molecule has 1 nitrogen and oxygen atoms in total. The van der Waals surface area contributed by atoms with Gasteiger partial charge in [0.05, 0.1) is 0 Å². The molecule has 0 saturated heterocycles.